The average molecular weight is 734 g/mol. The molecule has 0 saturated carbocycles. The first-order valence-electron chi connectivity index (χ1n) is 16.9. The fourth-order valence-corrected chi connectivity index (χ4v) is 6.66. The van der Waals surface area contributed by atoms with Gasteiger partial charge >= 0.3 is 12.0 Å². The predicted molar refractivity (Wildman–Crippen MR) is 187 cm³/mol. The Balaban J connectivity index is 1.74. The van der Waals surface area contributed by atoms with Crippen molar-refractivity contribution in [1.29, 1.82) is 0 Å². The Morgan fingerprint density at radius 1 is 1.08 bits per heavy atom. The minimum atomic E-state index is -3.67. The quantitative estimate of drug-likeness (QED) is 0.116. The predicted octanol–water partition coefficient (Wildman–Crippen LogP) is 4.54. The zero-order valence-corrected chi connectivity index (χ0v) is 30.4. The molecule has 1 saturated heterocycles. The summed E-state index contributed by atoms with van der Waals surface area (Å²) in [6.45, 7) is 8.60. The molecule has 4 amide bonds. The summed E-state index contributed by atoms with van der Waals surface area (Å²) in [7, 11) is -0.612. The van der Waals surface area contributed by atoms with E-state index >= 15 is 8.78 Å². The van der Waals surface area contributed by atoms with Crippen molar-refractivity contribution in [1.82, 2.24) is 25.8 Å². The molecule has 4 atom stereocenters. The summed E-state index contributed by atoms with van der Waals surface area (Å²) in [6, 6.07) is 11.4. The third-order valence-corrected chi connectivity index (χ3v) is 10.0. The van der Waals surface area contributed by atoms with E-state index in [-0.39, 0.29) is 29.5 Å². The number of nitrogens with zero attached hydrogens (tertiary/aromatic N) is 1. The van der Waals surface area contributed by atoms with Crippen molar-refractivity contribution in [3.63, 3.8) is 0 Å². The first kappa shape index (κ1) is 40.5. The molecule has 0 aromatic heterocycles. The van der Waals surface area contributed by atoms with Crippen LogP contribution in [0, 0.1) is 5.92 Å². The summed E-state index contributed by atoms with van der Waals surface area (Å²) >= 11 is 5.98. The molecule has 1 fully saturated rings. The molecule has 50 heavy (non-hydrogen) atoms. The van der Waals surface area contributed by atoms with Gasteiger partial charge in [-0.15, -0.1) is 0 Å². The van der Waals surface area contributed by atoms with Gasteiger partial charge in [-0.1, -0.05) is 87.7 Å². The lowest BCUT2D eigenvalue weighted by Gasteiger charge is -2.28. The number of ether oxygens (including phenoxy) is 1. The number of ketones is 1. The molecule has 1 unspecified atom stereocenters. The van der Waals surface area contributed by atoms with Crippen LogP contribution in [0.2, 0.25) is 10.6 Å². The van der Waals surface area contributed by atoms with Crippen molar-refractivity contribution in [2.75, 3.05) is 32.7 Å². The molecule has 1 aliphatic rings. The summed E-state index contributed by atoms with van der Waals surface area (Å²) in [6.07, 6.45) is -1.24. The number of rotatable bonds is 20. The normalized spacial score (nSPS) is 16.2. The molecule has 3 rings (SSSR count). The van der Waals surface area contributed by atoms with E-state index in [4.69, 9.17) is 16.3 Å². The number of likely N-dealkylation sites (N-methyl/N-ethyl adjacent to an activating group) is 1. The number of unbranched alkanes of at least 4 members (excludes halogenated alkanes) is 1. The Kier molecular flexibility index (Phi) is 16.3. The summed E-state index contributed by atoms with van der Waals surface area (Å²) < 4.78 is 37.0. The summed E-state index contributed by atoms with van der Waals surface area (Å²) in [5.74, 6) is -6.88. The first-order chi connectivity index (χ1) is 23.9. The van der Waals surface area contributed by atoms with E-state index in [1.54, 1.807) is 18.2 Å². The maximum absolute atomic E-state index is 15.9. The van der Waals surface area contributed by atoms with Crippen molar-refractivity contribution < 1.29 is 37.5 Å². The minimum Gasteiger partial charge on any atom is -0.435 e. The van der Waals surface area contributed by atoms with Crippen molar-refractivity contribution in [3.8, 4) is 0 Å². The smallest absolute Gasteiger partial charge is 0.399 e. The number of carbonyl (C=O) groups is 5. The van der Waals surface area contributed by atoms with Crippen LogP contribution >= 0.6 is 11.6 Å². The number of nitrogens with one attached hydrogen (secondary N) is 4. The largest absolute Gasteiger partial charge is 0.435 e. The third kappa shape index (κ3) is 11.9. The molecule has 1 heterocycles. The highest BCUT2D eigenvalue weighted by Crippen LogP contribution is 2.43. The topological polar surface area (TPSA) is 146 Å². The standard InChI is InChI=1S/C35H46ClF2N5O6Si/c1-4-7-16-28(32(46)41-27(21-24-17-18-39-31(24)45)29(44)33(47)40-19-20-43(5-2)6-3)50-42-34(48)49-30(23-12-9-8-10-13-23)35(37,38)25-14-11-15-26(36)22-25/h8-15,22,24,27-28,30H,4-7,16-21H2,1-3H3,(H,39,45)(H,40,47)(H,41,46)(H,42,48)/t24-,27-,28-,30?/m0/s1. The summed E-state index contributed by atoms with van der Waals surface area (Å²) in [4.78, 5) is 69.9. The van der Waals surface area contributed by atoms with Gasteiger partial charge in [0, 0.05) is 36.1 Å². The minimum absolute atomic E-state index is 0.0453. The number of amides is 4. The number of alkyl halides is 2. The van der Waals surface area contributed by atoms with E-state index in [1.165, 1.54) is 30.3 Å². The number of halogens is 3. The van der Waals surface area contributed by atoms with Crippen molar-refractivity contribution in [2.24, 2.45) is 5.92 Å². The molecule has 15 heteroatoms. The van der Waals surface area contributed by atoms with Crippen LogP contribution in [-0.2, 0) is 29.8 Å². The molecule has 0 spiro atoms. The number of hydrogen-bond acceptors (Lipinski definition) is 7. The highest BCUT2D eigenvalue weighted by Gasteiger charge is 2.46. The second-order valence-corrected chi connectivity index (χ2v) is 13.7. The fourth-order valence-electron chi connectivity index (χ4n) is 5.56. The van der Waals surface area contributed by atoms with Gasteiger partial charge in [-0.3, -0.25) is 19.2 Å². The Morgan fingerprint density at radius 3 is 2.42 bits per heavy atom. The first-order valence-corrected chi connectivity index (χ1v) is 18.4. The third-order valence-electron chi connectivity index (χ3n) is 8.53. The van der Waals surface area contributed by atoms with Crippen LogP contribution in [0.4, 0.5) is 13.6 Å². The molecule has 2 aromatic rings. The number of carbonyl (C=O) groups excluding carboxylic acids is 5. The van der Waals surface area contributed by atoms with Crippen molar-refractivity contribution in [3.05, 3.63) is 70.7 Å². The van der Waals surface area contributed by atoms with Crippen LogP contribution in [0.25, 0.3) is 0 Å². The fraction of sp³-hybridized carbons (Fsp3) is 0.514. The maximum Gasteiger partial charge on any atom is 0.399 e. The van der Waals surface area contributed by atoms with E-state index in [0.717, 1.165) is 19.2 Å². The molecule has 11 nitrogen and oxygen atoms in total. The van der Waals surface area contributed by atoms with Gasteiger partial charge < -0.3 is 30.6 Å². The zero-order valence-electron chi connectivity index (χ0n) is 28.6. The Bertz CT molecular complexity index is 1450. The van der Waals surface area contributed by atoms with Crippen molar-refractivity contribution in [2.45, 2.75) is 76.5 Å². The van der Waals surface area contributed by atoms with E-state index in [0.29, 0.717) is 38.8 Å². The Labute approximate surface area is 299 Å². The Hall–Kier alpha value is -3.88. The van der Waals surface area contributed by atoms with Gasteiger partial charge in [-0.05, 0) is 50.0 Å². The van der Waals surface area contributed by atoms with E-state index in [2.05, 4.69) is 25.8 Å². The SMILES string of the molecule is CCCC[C@H]([Si]NC(=O)OC(c1ccccc1)C(F)(F)c1cccc(Cl)c1)C(=O)N[C@@H](C[C@@H]1CCNC1=O)C(=O)C(=O)NCCN(CC)CC. The second-order valence-electron chi connectivity index (χ2n) is 12.0. The lowest BCUT2D eigenvalue weighted by molar-refractivity contribution is -0.140. The highest BCUT2D eigenvalue weighted by atomic mass is 35.5. The van der Waals surface area contributed by atoms with Gasteiger partial charge in [-0.25, -0.2) is 4.79 Å². The van der Waals surface area contributed by atoms with E-state index in [1.807, 2.05) is 20.8 Å². The zero-order chi connectivity index (χ0) is 36.7. The summed E-state index contributed by atoms with van der Waals surface area (Å²) in [5.41, 5.74) is -1.27. The van der Waals surface area contributed by atoms with Crippen molar-refractivity contribution >= 4 is 50.9 Å². The highest BCUT2D eigenvalue weighted by molar-refractivity contribution is 6.45. The molecule has 272 valence electrons. The maximum atomic E-state index is 15.9. The molecule has 2 radical (unpaired) electrons. The van der Waals surface area contributed by atoms with Crippen LogP contribution in [0.5, 0.6) is 0 Å². The van der Waals surface area contributed by atoms with Crippen LogP contribution in [-0.4, -0.2) is 82.9 Å². The molecule has 2 aromatic carbocycles. The van der Waals surface area contributed by atoms with Gasteiger partial charge in [0.2, 0.25) is 17.6 Å². The molecule has 0 bridgehead atoms. The van der Waals surface area contributed by atoms with Gasteiger partial charge in [0.1, 0.15) is 0 Å². The lowest BCUT2D eigenvalue weighted by Crippen LogP contribution is -2.51. The number of hydrogen-bond donors (Lipinski definition) is 4. The van der Waals surface area contributed by atoms with Crippen LogP contribution in [0.15, 0.2) is 54.6 Å². The number of benzene rings is 2. The lowest BCUT2D eigenvalue weighted by atomic mass is 9.95. The van der Waals surface area contributed by atoms with Gasteiger partial charge in [0.05, 0.1) is 11.6 Å². The van der Waals surface area contributed by atoms with Gasteiger partial charge in [-0.2, -0.15) is 8.78 Å². The van der Waals surface area contributed by atoms with E-state index in [9.17, 15) is 24.0 Å². The molecular weight excluding hydrogens is 688 g/mol. The monoisotopic (exact) mass is 733 g/mol. The molecule has 0 aliphatic carbocycles. The second kappa shape index (κ2) is 20.1. The van der Waals surface area contributed by atoms with Gasteiger partial charge in [0.25, 0.3) is 5.91 Å². The molecule has 1 aliphatic heterocycles. The molecular formula is C35H46ClF2N5O6Si. The summed E-state index contributed by atoms with van der Waals surface area (Å²) in [5, 5.41) is 8.06. The van der Waals surface area contributed by atoms with Crippen LogP contribution in [0.3, 0.4) is 0 Å². The number of Topliss-reactive ketones (excluding diaryl/α,β-unsaturated/α-hetero) is 1. The van der Waals surface area contributed by atoms with Gasteiger partial charge in [0.15, 0.2) is 15.8 Å². The molecule has 4 N–H and O–H groups in total. The average Bonchev–Trinajstić information content (AvgIpc) is 3.52. The Morgan fingerprint density at radius 2 is 1.80 bits per heavy atom. The van der Waals surface area contributed by atoms with E-state index < -0.39 is 68.5 Å². The van der Waals surface area contributed by atoms with Crippen LogP contribution < -0.4 is 20.9 Å². The van der Waals surface area contributed by atoms with Crippen LogP contribution in [0.1, 0.15) is 70.1 Å².